The van der Waals surface area contributed by atoms with Gasteiger partial charge in [0.1, 0.15) is 11.5 Å². The van der Waals surface area contributed by atoms with Gasteiger partial charge in [0.25, 0.3) is 0 Å². The van der Waals surface area contributed by atoms with Gasteiger partial charge in [-0.15, -0.1) is 0 Å². The molecule has 0 radical (unpaired) electrons. The van der Waals surface area contributed by atoms with E-state index in [0.717, 1.165) is 39.1 Å². The first-order valence-corrected chi connectivity index (χ1v) is 9.65. The number of phenolic OH excluding ortho intramolecular Hbond substituents is 2. The number of rotatable bonds is 6. The molecule has 4 rings (SSSR count). The second-order valence-corrected chi connectivity index (χ2v) is 6.86. The Bertz CT molecular complexity index is 1120. The SMILES string of the molecule is Oc1ccc2ccccc2c1C=NCCCN=Cc1c(O)ccc2ccccc12.[Ni]. The van der Waals surface area contributed by atoms with Gasteiger partial charge in [-0.25, -0.2) is 0 Å². The summed E-state index contributed by atoms with van der Waals surface area (Å²) in [5, 5.41) is 24.4. The molecule has 0 unspecified atom stereocenters. The average Bonchev–Trinajstić information content (AvgIpc) is 2.75. The first-order chi connectivity index (χ1) is 14.2. The van der Waals surface area contributed by atoms with Crippen molar-refractivity contribution in [3.63, 3.8) is 0 Å². The van der Waals surface area contributed by atoms with Gasteiger partial charge >= 0.3 is 0 Å². The zero-order valence-electron chi connectivity index (χ0n) is 16.3. The fourth-order valence-electron chi connectivity index (χ4n) is 3.40. The van der Waals surface area contributed by atoms with Crippen molar-refractivity contribution in [1.82, 2.24) is 0 Å². The maximum absolute atomic E-state index is 10.1. The van der Waals surface area contributed by atoms with Crippen LogP contribution in [0.15, 0.2) is 82.8 Å². The number of aliphatic imine (C=N–C) groups is 2. The zero-order valence-corrected chi connectivity index (χ0v) is 17.3. The van der Waals surface area contributed by atoms with Gasteiger partial charge in [-0.3, -0.25) is 9.98 Å². The molecule has 4 nitrogen and oxygen atoms in total. The Morgan fingerprint density at radius 2 is 1.03 bits per heavy atom. The van der Waals surface area contributed by atoms with E-state index in [2.05, 4.69) is 9.98 Å². The third kappa shape index (κ3) is 4.69. The van der Waals surface area contributed by atoms with Crippen LogP contribution in [0.25, 0.3) is 21.5 Å². The van der Waals surface area contributed by atoms with Crippen molar-refractivity contribution in [3.05, 3.63) is 83.9 Å². The number of hydrogen-bond acceptors (Lipinski definition) is 4. The second kappa shape index (κ2) is 10.0. The van der Waals surface area contributed by atoms with Crippen molar-refractivity contribution in [2.45, 2.75) is 6.42 Å². The van der Waals surface area contributed by atoms with Gasteiger partial charge < -0.3 is 10.2 Å². The van der Waals surface area contributed by atoms with E-state index >= 15 is 0 Å². The first-order valence-electron chi connectivity index (χ1n) is 9.65. The van der Waals surface area contributed by atoms with Crippen molar-refractivity contribution in [3.8, 4) is 11.5 Å². The second-order valence-electron chi connectivity index (χ2n) is 6.86. The number of fused-ring (bicyclic) bond motifs is 2. The summed E-state index contributed by atoms with van der Waals surface area (Å²) < 4.78 is 0. The van der Waals surface area contributed by atoms with Crippen molar-refractivity contribution >= 4 is 34.0 Å². The molecule has 0 aromatic heterocycles. The third-order valence-electron chi connectivity index (χ3n) is 4.91. The summed E-state index contributed by atoms with van der Waals surface area (Å²) in [5.74, 6) is 0.466. The topological polar surface area (TPSA) is 65.2 Å². The summed E-state index contributed by atoms with van der Waals surface area (Å²) in [5.41, 5.74) is 1.49. The van der Waals surface area contributed by atoms with Crippen LogP contribution in [0.4, 0.5) is 0 Å². The maximum atomic E-state index is 10.1. The van der Waals surface area contributed by atoms with Crippen LogP contribution >= 0.6 is 0 Å². The van der Waals surface area contributed by atoms with Gasteiger partial charge in [-0.2, -0.15) is 0 Å². The molecule has 0 amide bonds. The fourth-order valence-corrected chi connectivity index (χ4v) is 3.40. The van der Waals surface area contributed by atoms with Crippen LogP contribution in [-0.2, 0) is 16.5 Å². The Balaban J connectivity index is 0.00000256. The number of benzene rings is 4. The quantitative estimate of drug-likeness (QED) is 0.241. The van der Waals surface area contributed by atoms with Crippen LogP contribution in [0.3, 0.4) is 0 Å². The Morgan fingerprint density at radius 3 is 1.50 bits per heavy atom. The summed E-state index contributed by atoms with van der Waals surface area (Å²) >= 11 is 0. The van der Waals surface area contributed by atoms with Gasteiger partial charge in [-0.1, -0.05) is 60.7 Å². The van der Waals surface area contributed by atoms with Gasteiger partial charge in [0.15, 0.2) is 0 Å². The van der Waals surface area contributed by atoms with Crippen LogP contribution in [0, 0.1) is 0 Å². The molecule has 0 saturated heterocycles. The van der Waals surface area contributed by atoms with Crippen molar-refractivity contribution in [2.24, 2.45) is 9.98 Å². The first kappa shape index (κ1) is 21.5. The Hall–Kier alpha value is -3.17. The summed E-state index contributed by atoms with van der Waals surface area (Å²) in [4.78, 5) is 8.91. The normalized spacial score (nSPS) is 11.5. The van der Waals surface area contributed by atoms with Crippen molar-refractivity contribution in [2.75, 3.05) is 13.1 Å². The molecule has 30 heavy (non-hydrogen) atoms. The predicted octanol–water partition coefficient (Wildman–Crippen LogP) is 5.33. The summed E-state index contributed by atoms with van der Waals surface area (Å²) in [6, 6.07) is 23.1. The molecule has 0 aliphatic rings. The minimum absolute atomic E-state index is 0. The largest absolute Gasteiger partial charge is 0.507 e. The maximum Gasteiger partial charge on any atom is 0.124 e. The zero-order chi connectivity index (χ0) is 20.1. The van der Waals surface area contributed by atoms with Gasteiger partial charge in [0.2, 0.25) is 0 Å². The molecule has 0 saturated carbocycles. The van der Waals surface area contributed by atoms with E-state index in [1.807, 2.05) is 60.7 Å². The van der Waals surface area contributed by atoms with E-state index in [1.54, 1.807) is 24.6 Å². The molecule has 0 bridgehead atoms. The van der Waals surface area contributed by atoms with E-state index < -0.39 is 0 Å². The van der Waals surface area contributed by atoms with Crippen LogP contribution in [0.2, 0.25) is 0 Å². The Kier molecular flexibility index (Phi) is 7.21. The number of phenols is 2. The van der Waals surface area contributed by atoms with Crippen LogP contribution in [0.5, 0.6) is 11.5 Å². The van der Waals surface area contributed by atoms with Crippen molar-refractivity contribution < 1.29 is 26.7 Å². The Morgan fingerprint density at radius 1 is 0.600 bits per heavy atom. The van der Waals surface area contributed by atoms with Gasteiger partial charge in [0.05, 0.1) is 0 Å². The van der Waals surface area contributed by atoms with E-state index in [4.69, 9.17) is 0 Å². The Labute approximate surface area is 185 Å². The molecule has 0 fully saturated rings. The van der Waals surface area contributed by atoms with E-state index in [0.29, 0.717) is 13.1 Å². The van der Waals surface area contributed by atoms with E-state index in [-0.39, 0.29) is 28.0 Å². The fraction of sp³-hybridized carbons (Fsp3) is 0.120. The van der Waals surface area contributed by atoms with Crippen LogP contribution < -0.4 is 0 Å². The molecule has 5 heteroatoms. The molecule has 0 spiro atoms. The molecule has 0 aliphatic heterocycles. The molecule has 0 heterocycles. The molecular formula is C25H22N2NiO2. The number of aromatic hydroxyl groups is 2. The summed E-state index contributed by atoms with van der Waals surface area (Å²) in [6.07, 6.45) is 4.25. The molecular weight excluding hydrogens is 419 g/mol. The molecule has 0 aliphatic carbocycles. The predicted molar refractivity (Wildman–Crippen MR) is 121 cm³/mol. The van der Waals surface area contributed by atoms with Crippen LogP contribution in [0.1, 0.15) is 17.5 Å². The molecule has 4 aromatic carbocycles. The molecule has 154 valence electrons. The monoisotopic (exact) mass is 440 g/mol. The van der Waals surface area contributed by atoms with Gasteiger partial charge in [0, 0.05) is 53.1 Å². The van der Waals surface area contributed by atoms with E-state index in [9.17, 15) is 10.2 Å². The number of hydrogen-bond donors (Lipinski definition) is 2. The third-order valence-corrected chi connectivity index (χ3v) is 4.91. The van der Waals surface area contributed by atoms with Crippen molar-refractivity contribution in [1.29, 1.82) is 0 Å². The molecule has 2 N–H and O–H groups in total. The van der Waals surface area contributed by atoms with Gasteiger partial charge in [-0.05, 0) is 40.1 Å². The van der Waals surface area contributed by atoms with Crippen LogP contribution in [-0.4, -0.2) is 35.7 Å². The number of nitrogens with zero attached hydrogens (tertiary/aromatic N) is 2. The summed E-state index contributed by atoms with van der Waals surface area (Å²) in [7, 11) is 0. The smallest absolute Gasteiger partial charge is 0.124 e. The minimum Gasteiger partial charge on any atom is -0.507 e. The molecule has 0 atom stereocenters. The van der Waals surface area contributed by atoms with E-state index in [1.165, 1.54) is 0 Å². The molecule has 4 aromatic rings. The summed E-state index contributed by atoms with van der Waals surface area (Å²) in [6.45, 7) is 1.23. The standard InChI is InChI=1S/C25H22N2O2.Ni/c28-24-12-10-18-6-1-3-8-20(18)22(24)16-26-14-5-15-27-17-23-21-9-4-2-7-19(21)11-13-25(23)29;/h1-4,6-13,16-17,28-29H,5,14-15H2;. The average molecular weight is 441 g/mol. The minimum atomic E-state index is 0.